The zero-order valence-electron chi connectivity index (χ0n) is 11.8. The van der Waals surface area contributed by atoms with E-state index in [1.807, 2.05) is 0 Å². The fraction of sp³-hybridized carbons (Fsp3) is 0.500. The molecular weight excluding hydrogens is 184 g/mol. The molecule has 0 aliphatic carbocycles. The van der Waals surface area contributed by atoms with Crippen LogP contribution in [0.5, 0.6) is 0 Å². The molecule has 0 bridgehead atoms. The molecule has 0 aromatic carbocycles. The fourth-order valence-electron chi connectivity index (χ4n) is 0.736. The van der Waals surface area contributed by atoms with Crippen LogP contribution in [-0.4, -0.2) is 25.6 Å². The third-order valence-electron chi connectivity index (χ3n) is 1.37. The summed E-state index contributed by atoms with van der Waals surface area (Å²) >= 11 is 0. The number of carbonyl (C=O) groups is 1. The quantitative estimate of drug-likeness (QED) is 0.648. The Morgan fingerprint density at radius 1 is 1.71 bits per heavy atom. The maximum Gasteiger partial charge on any atom is 0.368 e. The molecule has 1 rings (SSSR count). The van der Waals surface area contributed by atoms with Crippen LogP contribution in [0.1, 0.15) is 32.2 Å². The lowest BCUT2D eigenvalue weighted by atomic mass is 10.4. The van der Waals surface area contributed by atoms with E-state index in [4.69, 9.17) is 5.48 Å². The van der Waals surface area contributed by atoms with Crippen LogP contribution >= 0.6 is 0 Å². The number of tetrazole rings is 1. The number of aromatic nitrogens is 4. The average molecular weight is 200 g/mol. The number of rotatable bonds is 3. The first kappa shape index (κ1) is 5.90. The van der Waals surface area contributed by atoms with Crippen molar-refractivity contribution < 1.29 is 10.3 Å². The van der Waals surface area contributed by atoms with Gasteiger partial charge in [0.1, 0.15) is 0 Å². The molecule has 0 N–H and O–H groups in total. The van der Waals surface area contributed by atoms with Gasteiger partial charge in [0, 0.05) is 10.3 Å². The van der Waals surface area contributed by atoms with Crippen LogP contribution in [0.3, 0.4) is 0 Å². The highest BCUT2D eigenvalue weighted by Crippen LogP contribution is 1.94. The van der Waals surface area contributed by atoms with E-state index in [0.717, 1.165) is 19.2 Å². The third-order valence-corrected chi connectivity index (χ3v) is 1.37. The van der Waals surface area contributed by atoms with Gasteiger partial charge in [0.05, 0.1) is 7.39 Å². The molecule has 14 heavy (non-hydrogen) atoms. The molecule has 0 amide bonds. The Balaban J connectivity index is 3.24. The number of nitrogens with zero attached hydrogens (tertiary/aromatic N) is 4. The summed E-state index contributed by atoms with van der Waals surface area (Å²) in [6.45, 7) is -0.417. The minimum absolute atomic E-state index is 0.305. The Morgan fingerprint density at radius 3 is 3.00 bits per heavy atom. The number of hydrogen-bond acceptors (Lipinski definition) is 4. The van der Waals surface area contributed by atoms with Gasteiger partial charge in [0.2, 0.25) is 0 Å². The Kier molecular flexibility index (Phi) is 1.68. The topological polar surface area (TPSA) is 69.8 Å². The summed E-state index contributed by atoms with van der Waals surface area (Å²) in [5.74, 6) is -0.305. The number of ketones is 1. The van der Waals surface area contributed by atoms with Crippen molar-refractivity contribution in [2.75, 3.05) is 0 Å². The molecule has 0 aliphatic rings. The van der Waals surface area contributed by atoms with Crippen molar-refractivity contribution in [3.05, 3.63) is 16.6 Å². The summed E-state index contributed by atoms with van der Waals surface area (Å²) in [7, 11) is 0. The van der Waals surface area contributed by atoms with E-state index in [0.29, 0.717) is 9.36 Å². The van der Waals surface area contributed by atoms with Gasteiger partial charge in [-0.25, -0.2) is 4.79 Å². The summed E-state index contributed by atoms with van der Waals surface area (Å²) in [6.07, 6.45) is 2.14. The summed E-state index contributed by atoms with van der Waals surface area (Å²) in [6, 6.07) is -2.23. The maximum atomic E-state index is 11.7. The van der Waals surface area contributed by atoms with Crippen molar-refractivity contribution in [2.45, 2.75) is 26.7 Å². The summed E-state index contributed by atoms with van der Waals surface area (Å²) in [5, 5.41) is 6.71. The average Bonchev–Trinajstić information content (AvgIpc) is 2.55. The number of hydrogen-bond donors (Lipinski definition) is 0. The van der Waals surface area contributed by atoms with E-state index >= 15 is 0 Å². The Bertz CT molecular complexity index is 540. The molecule has 1 aromatic heterocycles. The highest BCUT2D eigenvalue weighted by molar-refractivity contribution is 5.89. The largest absolute Gasteiger partial charge is 0.368 e. The number of carbonyl (C=O) groups excluding carboxylic acids is 1. The van der Waals surface area contributed by atoms with Crippen LogP contribution in [0, 0.1) is 0 Å². The van der Waals surface area contributed by atoms with Gasteiger partial charge < -0.3 is 0 Å². The molecule has 0 fully saturated rings. The highest BCUT2D eigenvalue weighted by Gasteiger charge is 2.06. The van der Waals surface area contributed by atoms with E-state index in [1.165, 1.54) is 6.92 Å². The first-order valence-electron chi connectivity index (χ1n) is 5.81. The minimum atomic E-state index is -2.73. The molecule has 1 unspecified atom stereocenters. The van der Waals surface area contributed by atoms with E-state index < -0.39 is 18.6 Å². The molecule has 6 heteroatoms. The minimum Gasteiger partial charge on any atom is -0.295 e. The summed E-state index contributed by atoms with van der Waals surface area (Å²) < 4.78 is 30.4. The van der Waals surface area contributed by atoms with E-state index in [9.17, 15) is 9.59 Å². The fourth-order valence-corrected chi connectivity index (χ4v) is 0.736. The first-order valence-corrected chi connectivity index (χ1v) is 3.81. The van der Waals surface area contributed by atoms with E-state index in [1.54, 1.807) is 0 Å². The van der Waals surface area contributed by atoms with E-state index in [-0.39, 0.29) is 5.78 Å². The summed E-state index contributed by atoms with van der Waals surface area (Å²) in [4.78, 5) is 22.5. The van der Waals surface area contributed by atoms with Crippen molar-refractivity contribution in [1.29, 1.82) is 0 Å². The molecule has 1 aromatic rings. The van der Waals surface area contributed by atoms with Crippen LogP contribution in [0.4, 0.5) is 0 Å². The number of allylic oxidation sites excluding steroid dienone is 1. The zero-order valence-corrected chi connectivity index (χ0v) is 7.76. The lowest BCUT2D eigenvalue weighted by Crippen LogP contribution is -2.24. The molecular formula is C8H12N4O2. The smallest absolute Gasteiger partial charge is 0.295 e. The standard InChI is InChI=1S/C8H12N4O2/c1-6(2)12-8(14)11(9-10-12)5-4-7(3)13/h4-6H,1-3H3/b5-4+/i1D3,6D. The highest BCUT2D eigenvalue weighted by atomic mass is 16.2. The van der Waals surface area contributed by atoms with Crippen LogP contribution < -0.4 is 5.69 Å². The second-order valence-electron chi connectivity index (χ2n) is 2.63. The zero-order chi connectivity index (χ0) is 14.1. The molecule has 0 radical (unpaired) electrons. The van der Waals surface area contributed by atoms with Gasteiger partial charge in [0.25, 0.3) is 0 Å². The van der Waals surface area contributed by atoms with Gasteiger partial charge in [0.15, 0.2) is 5.78 Å². The molecule has 1 heterocycles. The van der Waals surface area contributed by atoms with Crippen LogP contribution in [0.15, 0.2) is 10.9 Å². The van der Waals surface area contributed by atoms with Crippen LogP contribution in [0.25, 0.3) is 6.20 Å². The lowest BCUT2D eigenvalue weighted by Gasteiger charge is -1.98. The van der Waals surface area contributed by atoms with Crippen molar-refractivity contribution in [3.8, 4) is 0 Å². The first-order chi connectivity index (χ1) is 8.07. The Labute approximate surface area is 86.4 Å². The van der Waals surface area contributed by atoms with Gasteiger partial charge >= 0.3 is 5.69 Å². The van der Waals surface area contributed by atoms with E-state index in [2.05, 4.69) is 10.4 Å². The molecule has 0 saturated carbocycles. The SMILES string of the molecule is [2H]C([2H])([2H])C([2H])(C)n1nnn(/C=C/C(C)=O)c1=O. The van der Waals surface area contributed by atoms with Gasteiger partial charge in [-0.3, -0.25) is 4.79 Å². The molecule has 6 nitrogen and oxygen atoms in total. The summed E-state index contributed by atoms with van der Waals surface area (Å²) in [5.41, 5.74) is -0.902. The second-order valence-corrected chi connectivity index (χ2v) is 2.63. The van der Waals surface area contributed by atoms with Crippen LogP contribution in [0.2, 0.25) is 0 Å². The Morgan fingerprint density at radius 2 is 2.43 bits per heavy atom. The van der Waals surface area contributed by atoms with Crippen molar-refractivity contribution in [1.82, 2.24) is 19.8 Å². The lowest BCUT2D eigenvalue weighted by molar-refractivity contribution is -0.112. The van der Waals surface area contributed by atoms with Gasteiger partial charge in [-0.2, -0.15) is 9.36 Å². The monoisotopic (exact) mass is 200 g/mol. The van der Waals surface area contributed by atoms with Crippen molar-refractivity contribution >= 4 is 12.0 Å². The normalized spacial score (nSPS) is 20.7. The molecule has 1 atom stereocenters. The maximum absolute atomic E-state index is 11.7. The predicted molar refractivity (Wildman–Crippen MR) is 50.7 cm³/mol. The second kappa shape index (κ2) is 3.99. The van der Waals surface area contributed by atoms with Crippen molar-refractivity contribution in [3.63, 3.8) is 0 Å². The predicted octanol–water partition coefficient (Wildman–Crippen LogP) is 0.0804. The van der Waals surface area contributed by atoms with Crippen LogP contribution in [-0.2, 0) is 4.79 Å². The van der Waals surface area contributed by atoms with Crippen molar-refractivity contribution in [2.24, 2.45) is 0 Å². The third kappa shape index (κ3) is 2.15. The molecule has 0 saturated heterocycles. The van der Waals surface area contributed by atoms with Gasteiger partial charge in [-0.05, 0) is 37.2 Å². The molecule has 76 valence electrons. The van der Waals surface area contributed by atoms with Gasteiger partial charge in [-0.15, -0.1) is 0 Å². The van der Waals surface area contributed by atoms with Gasteiger partial charge in [-0.1, -0.05) is 0 Å². The molecule has 0 spiro atoms. The molecule has 0 aliphatic heterocycles. The Hall–Kier alpha value is -1.72.